The Balaban J connectivity index is 1.87. The monoisotopic (exact) mass is 340 g/mol. The Morgan fingerprint density at radius 1 is 1.43 bits per heavy atom. The van der Waals surface area contributed by atoms with Crippen LogP contribution in [0.5, 0.6) is 0 Å². The van der Waals surface area contributed by atoms with Crippen molar-refractivity contribution < 1.29 is 13.2 Å². The molecule has 128 valence electrons. The molecule has 23 heavy (non-hydrogen) atoms. The van der Waals surface area contributed by atoms with Gasteiger partial charge in [-0.1, -0.05) is 6.42 Å². The zero-order valence-corrected chi connectivity index (χ0v) is 14.4. The van der Waals surface area contributed by atoms with Crippen LogP contribution in [-0.2, 0) is 9.84 Å². The summed E-state index contributed by atoms with van der Waals surface area (Å²) >= 11 is 0. The minimum Gasteiger partial charge on any atom is -0.338 e. The van der Waals surface area contributed by atoms with E-state index in [1.165, 1.54) is 31.2 Å². The third-order valence-corrected chi connectivity index (χ3v) is 5.03. The number of pyridine rings is 1. The minimum absolute atomic E-state index is 0.133. The van der Waals surface area contributed by atoms with Gasteiger partial charge in [0.15, 0.2) is 9.84 Å². The number of likely N-dealkylation sites (tertiary alicyclic amines) is 1. The van der Waals surface area contributed by atoms with Crippen LogP contribution in [0, 0.1) is 5.92 Å². The number of urea groups is 1. The summed E-state index contributed by atoms with van der Waals surface area (Å²) in [4.78, 5) is 18.3. The van der Waals surface area contributed by atoms with Gasteiger partial charge in [-0.2, -0.15) is 0 Å². The molecule has 0 aliphatic carbocycles. The van der Waals surface area contributed by atoms with E-state index in [1.54, 1.807) is 0 Å². The second kappa shape index (κ2) is 7.74. The number of hydrogen-bond donors (Lipinski definition) is 2. The maximum Gasteiger partial charge on any atom is 0.320 e. The Hall–Kier alpha value is -1.67. The zero-order valence-electron chi connectivity index (χ0n) is 13.6. The van der Waals surface area contributed by atoms with Crippen molar-refractivity contribution in [1.82, 2.24) is 15.2 Å². The van der Waals surface area contributed by atoms with Gasteiger partial charge in [0.05, 0.1) is 4.90 Å². The molecular weight excluding hydrogens is 316 g/mol. The van der Waals surface area contributed by atoms with E-state index in [-0.39, 0.29) is 16.7 Å². The van der Waals surface area contributed by atoms with Crippen molar-refractivity contribution in [2.24, 2.45) is 5.92 Å². The molecule has 0 spiro atoms. The smallest absolute Gasteiger partial charge is 0.320 e. The first-order valence-electron chi connectivity index (χ1n) is 7.74. The highest BCUT2D eigenvalue weighted by atomic mass is 32.2. The standard InChI is InChI=1S/C15H24N4O3S/c1-19-8-4-3-5-12(11-19)10-17-15(20)18-14-9-13(6-7-16-14)23(2,21)22/h6-7,9,12H,3-5,8,10-11H2,1-2H3,(H2,16,17,18,20). The maximum atomic E-state index is 12.0. The van der Waals surface area contributed by atoms with Gasteiger partial charge in [0.2, 0.25) is 0 Å². The Kier molecular flexibility index (Phi) is 5.95. The van der Waals surface area contributed by atoms with Gasteiger partial charge in [-0.15, -0.1) is 0 Å². The molecule has 2 amide bonds. The third-order valence-electron chi connectivity index (χ3n) is 3.92. The highest BCUT2D eigenvalue weighted by molar-refractivity contribution is 7.90. The molecular formula is C15H24N4O3S. The van der Waals surface area contributed by atoms with Crippen molar-refractivity contribution in [3.63, 3.8) is 0 Å². The lowest BCUT2D eigenvalue weighted by Crippen LogP contribution is -2.36. The first-order valence-corrected chi connectivity index (χ1v) is 9.63. The van der Waals surface area contributed by atoms with Gasteiger partial charge in [-0.05, 0) is 44.5 Å². The van der Waals surface area contributed by atoms with Crippen LogP contribution in [0.4, 0.5) is 10.6 Å². The largest absolute Gasteiger partial charge is 0.338 e. The SMILES string of the molecule is CN1CCCCC(CNC(=O)Nc2cc(S(C)(=O)=O)ccn2)C1. The first-order chi connectivity index (χ1) is 10.8. The predicted molar refractivity (Wildman–Crippen MR) is 89.2 cm³/mol. The molecule has 1 aromatic heterocycles. The van der Waals surface area contributed by atoms with E-state index in [0.29, 0.717) is 12.5 Å². The molecule has 2 rings (SSSR count). The lowest BCUT2D eigenvalue weighted by molar-refractivity contribution is 0.246. The molecule has 0 bridgehead atoms. The van der Waals surface area contributed by atoms with E-state index >= 15 is 0 Å². The normalized spacial score (nSPS) is 19.8. The van der Waals surface area contributed by atoms with E-state index in [4.69, 9.17) is 0 Å². The summed E-state index contributed by atoms with van der Waals surface area (Å²) < 4.78 is 23.0. The zero-order chi connectivity index (χ0) is 16.9. The van der Waals surface area contributed by atoms with Crippen LogP contribution in [0.1, 0.15) is 19.3 Å². The summed E-state index contributed by atoms with van der Waals surface area (Å²) in [6.45, 7) is 2.68. The topological polar surface area (TPSA) is 91.4 Å². The Morgan fingerprint density at radius 3 is 2.96 bits per heavy atom. The summed E-state index contributed by atoms with van der Waals surface area (Å²) in [5.74, 6) is 0.659. The molecule has 0 saturated carbocycles. The van der Waals surface area contributed by atoms with Crippen LogP contribution in [0.15, 0.2) is 23.2 Å². The molecule has 1 fully saturated rings. The van der Waals surface area contributed by atoms with Crippen molar-refractivity contribution in [2.75, 3.05) is 38.3 Å². The second-order valence-corrected chi connectivity index (χ2v) is 8.12. The van der Waals surface area contributed by atoms with E-state index in [1.807, 2.05) is 0 Å². The van der Waals surface area contributed by atoms with Crippen molar-refractivity contribution in [2.45, 2.75) is 24.2 Å². The van der Waals surface area contributed by atoms with E-state index in [2.05, 4.69) is 27.6 Å². The van der Waals surface area contributed by atoms with Crippen molar-refractivity contribution >= 4 is 21.7 Å². The van der Waals surface area contributed by atoms with Crippen molar-refractivity contribution in [1.29, 1.82) is 0 Å². The molecule has 2 N–H and O–H groups in total. The average molecular weight is 340 g/mol. The number of rotatable bonds is 4. The third kappa shape index (κ3) is 5.80. The number of nitrogens with zero attached hydrogens (tertiary/aromatic N) is 2. The molecule has 1 atom stereocenters. The van der Waals surface area contributed by atoms with Gasteiger partial charge in [-0.3, -0.25) is 5.32 Å². The number of carbonyl (C=O) groups excluding carboxylic acids is 1. The number of nitrogens with one attached hydrogen (secondary N) is 2. The maximum absolute atomic E-state index is 12.0. The second-order valence-electron chi connectivity index (χ2n) is 6.11. The van der Waals surface area contributed by atoms with E-state index in [9.17, 15) is 13.2 Å². The number of carbonyl (C=O) groups is 1. The number of hydrogen-bond acceptors (Lipinski definition) is 5. The van der Waals surface area contributed by atoms with Crippen LogP contribution in [0.25, 0.3) is 0 Å². The van der Waals surface area contributed by atoms with Crippen LogP contribution in [-0.4, -0.2) is 57.3 Å². The molecule has 7 nitrogen and oxygen atoms in total. The van der Waals surface area contributed by atoms with Gasteiger partial charge < -0.3 is 10.2 Å². The van der Waals surface area contributed by atoms with E-state index < -0.39 is 9.84 Å². The summed E-state index contributed by atoms with van der Waals surface area (Å²) in [5, 5.41) is 5.42. The Morgan fingerprint density at radius 2 is 2.22 bits per heavy atom. The molecule has 0 aromatic carbocycles. The first kappa shape index (κ1) is 17.7. The molecule has 0 radical (unpaired) electrons. The Bertz CT molecular complexity index is 648. The summed E-state index contributed by atoms with van der Waals surface area (Å²) in [6, 6.07) is 2.39. The van der Waals surface area contributed by atoms with Crippen molar-refractivity contribution in [3.05, 3.63) is 18.3 Å². The molecule has 1 saturated heterocycles. The van der Waals surface area contributed by atoms with Gasteiger partial charge in [-0.25, -0.2) is 18.2 Å². The summed E-state index contributed by atoms with van der Waals surface area (Å²) in [7, 11) is -1.22. The fourth-order valence-corrected chi connectivity index (χ4v) is 3.35. The van der Waals surface area contributed by atoms with Crippen LogP contribution < -0.4 is 10.6 Å². The number of anilines is 1. The minimum atomic E-state index is -3.32. The lowest BCUT2D eigenvalue weighted by Gasteiger charge is -2.20. The molecule has 1 aromatic rings. The summed E-state index contributed by atoms with van der Waals surface area (Å²) in [5.41, 5.74) is 0. The van der Waals surface area contributed by atoms with Crippen molar-refractivity contribution in [3.8, 4) is 0 Å². The van der Waals surface area contributed by atoms with Crippen LogP contribution in [0.2, 0.25) is 0 Å². The molecule has 1 unspecified atom stereocenters. The van der Waals surface area contributed by atoms with Crippen LogP contribution >= 0.6 is 0 Å². The lowest BCUT2D eigenvalue weighted by atomic mass is 10.0. The molecule has 1 aliphatic rings. The average Bonchev–Trinajstić information content (AvgIpc) is 2.69. The number of sulfone groups is 1. The van der Waals surface area contributed by atoms with Gasteiger partial charge in [0.25, 0.3) is 0 Å². The molecule has 1 aliphatic heterocycles. The summed E-state index contributed by atoms with van der Waals surface area (Å²) in [6.07, 6.45) is 5.96. The highest BCUT2D eigenvalue weighted by Crippen LogP contribution is 2.15. The van der Waals surface area contributed by atoms with Gasteiger partial charge >= 0.3 is 6.03 Å². The number of amides is 2. The van der Waals surface area contributed by atoms with E-state index in [0.717, 1.165) is 25.8 Å². The highest BCUT2D eigenvalue weighted by Gasteiger charge is 2.16. The molecule has 2 heterocycles. The van der Waals surface area contributed by atoms with Crippen LogP contribution in [0.3, 0.4) is 0 Å². The van der Waals surface area contributed by atoms with Gasteiger partial charge in [0, 0.05) is 25.5 Å². The predicted octanol–water partition coefficient (Wildman–Crippen LogP) is 1.34. The Labute approximate surface area is 137 Å². The van der Waals surface area contributed by atoms with Gasteiger partial charge in [0.1, 0.15) is 5.82 Å². The fourth-order valence-electron chi connectivity index (χ4n) is 2.71. The fraction of sp³-hybridized carbons (Fsp3) is 0.600. The number of aromatic nitrogens is 1. The molecule has 8 heteroatoms. The quantitative estimate of drug-likeness (QED) is 0.863.